The number of amides is 2. The number of benzene rings is 2. The van der Waals surface area contributed by atoms with E-state index in [1.807, 2.05) is 11.8 Å². The van der Waals surface area contributed by atoms with Crippen LogP contribution in [0.5, 0.6) is 0 Å². The first-order chi connectivity index (χ1) is 15.8. The molecule has 0 radical (unpaired) electrons. The summed E-state index contributed by atoms with van der Waals surface area (Å²) in [6, 6.07) is 13.4. The molecular formula is C25H31N3O4S. The van der Waals surface area contributed by atoms with E-state index in [4.69, 9.17) is 0 Å². The molecule has 0 atom stereocenters. The molecule has 0 unspecified atom stereocenters. The van der Waals surface area contributed by atoms with Gasteiger partial charge in [-0.25, -0.2) is 8.42 Å². The average molecular weight is 470 g/mol. The van der Waals surface area contributed by atoms with Crippen LogP contribution in [0.3, 0.4) is 0 Å². The van der Waals surface area contributed by atoms with E-state index in [2.05, 4.69) is 0 Å². The second kappa shape index (κ2) is 9.55. The van der Waals surface area contributed by atoms with Crippen molar-refractivity contribution in [1.82, 2.24) is 9.80 Å². The summed E-state index contributed by atoms with van der Waals surface area (Å²) in [5, 5.41) is 0. The van der Waals surface area contributed by atoms with Gasteiger partial charge in [-0.1, -0.05) is 17.7 Å². The summed E-state index contributed by atoms with van der Waals surface area (Å²) in [5.41, 5.74) is 2.00. The van der Waals surface area contributed by atoms with Gasteiger partial charge in [0.15, 0.2) is 0 Å². The molecule has 2 aliphatic heterocycles. The fourth-order valence-electron chi connectivity index (χ4n) is 4.53. The molecule has 2 aliphatic rings. The van der Waals surface area contributed by atoms with E-state index in [0.29, 0.717) is 37.2 Å². The van der Waals surface area contributed by atoms with Crippen LogP contribution in [0.25, 0.3) is 0 Å². The van der Waals surface area contributed by atoms with Gasteiger partial charge in [0.1, 0.15) is 0 Å². The second-order valence-corrected chi connectivity index (χ2v) is 10.9. The largest absolute Gasteiger partial charge is 0.342 e. The maximum Gasteiger partial charge on any atom is 0.264 e. The van der Waals surface area contributed by atoms with Gasteiger partial charge in [-0.15, -0.1) is 0 Å². The third kappa shape index (κ3) is 4.90. The molecule has 7 nitrogen and oxygen atoms in total. The van der Waals surface area contributed by atoms with Gasteiger partial charge in [-0.05, 0) is 69.0 Å². The number of piperidine rings is 1. The molecule has 2 fully saturated rings. The third-order valence-electron chi connectivity index (χ3n) is 6.71. The zero-order chi connectivity index (χ0) is 23.6. The Bertz CT molecular complexity index is 1100. The van der Waals surface area contributed by atoms with Gasteiger partial charge in [0.05, 0.1) is 10.6 Å². The van der Waals surface area contributed by atoms with Crippen LogP contribution in [0.4, 0.5) is 5.69 Å². The highest BCUT2D eigenvalue weighted by molar-refractivity contribution is 7.92. The zero-order valence-electron chi connectivity index (χ0n) is 19.2. The number of carbonyl (C=O) groups is 2. The summed E-state index contributed by atoms with van der Waals surface area (Å²) in [7, 11) is -2.17. The van der Waals surface area contributed by atoms with Crippen LogP contribution in [0.15, 0.2) is 53.4 Å². The molecule has 33 heavy (non-hydrogen) atoms. The summed E-state index contributed by atoms with van der Waals surface area (Å²) in [6.45, 7) is 4.75. The first kappa shape index (κ1) is 23.3. The quantitative estimate of drug-likeness (QED) is 0.673. The Morgan fingerprint density at radius 1 is 0.848 bits per heavy atom. The van der Waals surface area contributed by atoms with Gasteiger partial charge in [0.25, 0.3) is 15.9 Å². The SMILES string of the molecule is Cc1ccc(S(=O)(=O)N(C)c2ccc(C(=O)N3CCC(C(=O)N4CCCC4)CC3)cc2)cc1. The van der Waals surface area contributed by atoms with Crippen LogP contribution in [0, 0.1) is 12.8 Å². The van der Waals surface area contributed by atoms with Crippen molar-refractivity contribution in [2.45, 2.75) is 37.5 Å². The molecule has 2 aromatic rings. The molecule has 0 saturated carbocycles. The van der Waals surface area contributed by atoms with Crippen molar-refractivity contribution >= 4 is 27.5 Å². The van der Waals surface area contributed by atoms with Crippen LogP contribution in [-0.4, -0.2) is 63.3 Å². The van der Waals surface area contributed by atoms with E-state index < -0.39 is 10.0 Å². The van der Waals surface area contributed by atoms with Gasteiger partial charge < -0.3 is 9.80 Å². The summed E-state index contributed by atoms with van der Waals surface area (Å²) < 4.78 is 27.0. The summed E-state index contributed by atoms with van der Waals surface area (Å²) in [6.07, 6.45) is 3.55. The van der Waals surface area contributed by atoms with Gasteiger partial charge >= 0.3 is 0 Å². The third-order valence-corrected chi connectivity index (χ3v) is 8.51. The Labute approximate surface area is 196 Å². The van der Waals surface area contributed by atoms with Crippen molar-refractivity contribution in [2.75, 3.05) is 37.5 Å². The number of sulfonamides is 1. The minimum absolute atomic E-state index is 0.00940. The highest BCUT2D eigenvalue weighted by atomic mass is 32.2. The molecule has 2 aromatic carbocycles. The summed E-state index contributed by atoms with van der Waals surface area (Å²) >= 11 is 0. The van der Waals surface area contributed by atoms with Gasteiger partial charge in [0.2, 0.25) is 5.91 Å². The molecule has 0 aliphatic carbocycles. The Balaban J connectivity index is 1.38. The Morgan fingerprint density at radius 3 is 2.00 bits per heavy atom. The topological polar surface area (TPSA) is 78.0 Å². The Hall–Kier alpha value is -2.87. The fraction of sp³-hybridized carbons (Fsp3) is 0.440. The predicted octanol–water partition coefficient (Wildman–Crippen LogP) is 3.29. The van der Waals surface area contributed by atoms with Crippen molar-refractivity contribution in [3.63, 3.8) is 0 Å². The highest BCUT2D eigenvalue weighted by Crippen LogP contribution is 2.25. The monoisotopic (exact) mass is 469 g/mol. The van der Waals surface area contributed by atoms with Crippen LogP contribution in [-0.2, 0) is 14.8 Å². The van der Waals surface area contributed by atoms with Crippen molar-refractivity contribution in [3.05, 3.63) is 59.7 Å². The number of aryl methyl sites for hydroxylation is 1. The predicted molar refractivity (Wildman–Crippen MR) is 128 cm³/mol. The smallest absolute Gasteiger partial charge is 0.264 e. The number of nitrogens with zero attached hydrogens (tertiary/aromatic N) is 3. The summed E-state index contributed by atoms with van der Waals surface area (Å²) in [5.74, 6) is 0.162. The normalized spacial score (nSPS) is 17.3. The molecule has 4 rings (SSSR count). The molecule has 2 amide bonds. The van der Waals surface area contributed by atoms with Gasteiger partial charge in [-0.2, -0.15) is 0 Å². The maximum atomic E-state index is 13.0. The lowest BCUT2D eigenvalue weighted by Gasteiger charge is -2.33. The van der Waals surface area contributed by atoms with E-state index in [-0.39, 0.29) is 22.6 Å². The van der Waals surface area contributed by atoms with Crippen molar-refractivity contribution < 1.29 is 18.0 Å². The highest BCUT2D eigenvalue weighted by Gasteiger charge is 2.31. The first-order valence-corrected chi connectivity index (χ1v) is 12.9. The molecule has 0 N–H and O–H groups in total. The minimum atomic E-state index is -3.68. The van der Waals surface area contributed by atoms with Crippen molar-refractivity contribution in [1.29, 1.82) is 0 Å². The van der Waals surface area contributed by atoms with Gasteiger partial charge in [0, 0.05) is 44.7 Å². The van der Waals surface area contributed by atoms with Crippen LogP contribution in [0.2, 0.25) is 0 Å². The van der Waals surface area contributed by atoms with Gasteiger partial charge in [-0.3, -0.25) is 13.9 Å². The molecule has 2 saturated heterocycles. The number of anilines is 1. The molecule has 0 bridgehead atoms. The fourth-order valence-corrected chi connectivity index (χ4v) is 5.72. The molecular weight excluding hydrogens is 438 g/mol. The lowest BCUT2D eigenvalue weighted by atomic mass is 9.95. The zero-order valence-corrected chi connectivity index (χ0v) is 20.1. The molecule has 0 aromatic heterocycles. The number of likely N-dealkylation sites (tertiary alicyclic amines) is 2. The van der Waals surface area contributed by atoms with Crippen LogP contribution in [0.1, 0.15) is 41.6 Å². The van der Waals surface area contributed by atoms with E-state index in [1.54, 1.807) is 53.4 Å². The van der Waals surface area contributed by atoms with E-state index in [1.165, 1.54) is 11.4 Å². The van der Waals surface area contributed by atoms with Crippen molar-refractivity contribution in [2.24, 2.45) is 5.92 Å². The lowest BCUT2D eigenvalue weighted by Crippen LogP contribution is -2.43. The van der Waals surface area contributed by atoms with E-state index in [9.17, 15) is 18.0 Å². The molecule has 2 heterocycles. The molecule has 8 heteroatoms. The van der Waals surface area contributed by atoms with E-state index in [0.717, 1.165) is 31.5 Å². The van der Waals surface area contributed by atoms with E-state index >= 15 is 0 Å². The number of rotatable bonds is 5. The average Bonchev–Trinajstić information content (AvgIpc) is 3.38. The Kier molecular flexibility index (Phi) is 6.74. The number of hydrogen-bond donors (Lipinski definition) is 0. The molecule has 0 spiro atoms. The minimum Gasteiger partial charge on any atom is -0.342 e. The second-order valence-electron chi connectivity index (χ2n) is 8.93. The first-order valence-electron chi connectivity index (χ1n) is 11.5. The van der Waals surface area contributed by atoms with Crippen molar-refractivity contribution in [3.8, 4) is 0 Å². The molecule has 176 valence electrons. The summed E-state index contributed by atoms with van der Waals surface area (Å²) in [4.78, 5) is 29.6. The number of hydrogen-bond acceptors (Lipinski definition) is 4. The van der Waals surface area contributed by atoms with Crippen LogP contribution >= 0.6 is 0 Å². The maximum absolute atomic E-state index is 13.0. The number of carbonyl (C=O) groups excluding carboxylic acids is 2. The van der Waals surface area contributed by atoms with Crippen LogP contribution < -0.4 is 4.31 Å². The standard InChI is InChI=1S/C25H31N3O4S/c1-19-5-11-23(12-6-19)33(31,32)26(2)22-9-7-20(8-10-22)24(29)28-17-13-21(14-18-28)25(30)27-15-3-4-16-27/h5-12,21H,3-4,13-18H2,1-2H3. The lowest BCUT2D eigenvalue weighted by molar-refractivity contribution is -0.135. The Morgan fingerprint density at radius 2 is 1.42 bits per heavy atom.